The smallest absolute Gasteiger partial charge is 0.283 e. The second kappa shape index (κ2) is 5.15. The lowest BCUT2D eigenvalue weighted by Crippen LogP contribution is -1.88. The van der Waals surface area contributed by atoms with Crippen molar-refractivity contribution in [2.75, 3.05) is 5.73 Å². The van der Waals surface area contributed by atoms with Gasteiger partial charge in [0.1, 0.15) is 5.82 Å². The number of aromatic nitrogens is 3. The van der Waals surface area contributed by atoms with E-state index in [0.717, 1.165) is 4.90 Å². The molecule has 0 spiro atoms. The van der Waals surface area contributed by atoms with Crippen LogP contribution in [0.15, 0.2) is 50.5 Å². The maximum absolute atomic E-state index is 5.52. The van der Waals surface area contributed by atoms with E-state index in [-0.39, 0.29) is 0 Å². The summed E-state index contributed by atoms with van der Waals surface area (Å²) in [6.07, 6.45) is 3.28. The van der Waals surface area contributed by atoms with Gasteiger partial charge in [-0.05, 0) is 24.3 Å². The predicted molar refractivity (Wildman–Crippen MR) is 70.2 cm³/mol. The molecule has 0 atom stereocenters. The molecule has 7 heteroatoms. The Bertz CT molecular complexity index is 649. The van der Waals surface area contributed by atoms with Gasteiger partial charge in [0.05, 0.1) is 12.0 Å². The summed E-state index contributed by atoms with van der Waals surface area (Å²) in [5.74, 6) is 2.56. The highest BCUT2D eigenvalue weighted by Gasteiger charge is 2.10. The van der Waals surface area contributed by atoms with E-state index in [1.807, 2.05) is 6.07 Å². The van der Waals surface area contributed by atoms with Crippen LogP contribution < -0.4 is 5.73 Å². The minimum Gasteiger partial charge on any atom is -0.459 e. The number of nitrogens with zero attached hydrogens (tertiary/aromatic N) is 3. The minimum atomic E-state index is 0.385. The van der Waals surface area contributed by atoms with Crippen LogP contribution in [-0.4, -0.2) is 15.2 Å². The first kappa shape index (κ1) is 11.8. The van der Waals surface area contributed by atoms with E-state index < -0.39 is 0 Å². The van der Waals surface area contributed by atoms with Gasteiger partial charge < -0.3 is 14.6 Å². The molecule has 0 fully saturated rings. The van der Waals surface area contributed by atoms with Crippen molar-refractivity contribution in [3.8, 4) is 11.7 Å². The summed E-state index contributed by atoms with van der Waals surface area (Å²) >= 11 is 1.55. The van der Waals surface area contributed by atoms with Gasteiger partial charge in [-0.25, -0.2) is 4.98 Å². The number of pyridine rings is 1. The zero-order valence-electron chi connectivity index (χ0n) is 9.81. The number of nitrogen functional groups attached to an aromatic ring is 1. The van der Waals surface area contributed by atoms with E-state index in [4.69, 9.17) is 14.6 Å². The Balaban J connectivity index is 1.66. The van der Waals surface area contributed by atoms with Gasteiger partial charge in [-0.3, -0.25) is 0 Å². The summed E-state index contributed by atoms with van der Waals surface area (Å²) < 4.78 is 10.7. The summed E-state index contributed by atoms with van der Waals surface area (Å²) in [5.41, 5.74) is 5.52. The van der Waals surface area contributed by atoms with Crippen LogP contribution >= 0.6 is 11.8 Å². The van der Waals surface area contributed by atoms with Gasteiger partial charge in [0.25, 0.3) is 5.89 Å². The standard InChI is InChI=1S/C12H10N4O2S/c13-10-4-3-8(6-14-10)19-7-11-15-16-12(18-11)9-2-1-5-17-9/h1-6H,7H2,(H2,13,14). The fourth-order valence-corrected chi connectivity index (χ4v) is 2.13. The van der Waals surface area contributed by atoms with Crippen LogP contribution in [0.4, 0.5) is 5.82 Å². The molecule has 96 valence electrons. The van der Waals surface area contributed by atoms with Crippen LogP contribution in [-0.2, 0) is 5.75 Å². The highest BCUT2D eigenvalue weighted by molar-refractivity contribution is 7.98. The number of thioether (sulfide) groups is 1. The van der Waals surface area contributed by atoms with Gasteiger partial charge in [0.2, 0.25) is 5.89 Å². The molecule has 0 saturated heterocycles. The van der Waals surface area contributed by atoms with Crippen LogP contribution in [0.1, 0.15) is 5.89 Å². The maximum Gasteiger partial charge on any atom is 0.283 e. The van der Waals surface area contributed by atoms with Crippen molar-refractivity contribution in [2.24, 2.45) is 0 Å². The predicted octanol–water partition coefficient (Wildman–Crippen LogP) is 2.60. The van der Waals surface area contributed by atoms with Gasteiger partial charge in [-0.2, -0.15) is 0 Å². The molecule has 6 nitrogen and oxygen atoms in total. The van der Waals surface area contributed by atoms with Crippen LogP contribution in [0.2, 0.25) is 0 Å². The topological polar surface area (TPSA) is 91.0 Å². The Morgan fingerprint density at radius 2 is 2.16 bits per heavy atom. The quantitative estimate of drug-likeness (QED) is 0.731. The summed E-state index contributed by atoms with van der Waals surface area (Å²) in [4.78, 5) is 5.01. The second-order valence-corrected chi connectivity index (χ2v) is 4.73. The minimum absolute atomic E-state index is 0.385. The zero-order valence-corrected chi connectivity index (χ0v) is 10.6. The molecular formula is C12H10N4O2S. The lowest BCUT2D eigenvalue weighted by atomic mass is 10.5. The monoisotopic (exact) mass is 274 g/mol. The van der Waals surface area contributed by atoms with Gasteiger partial charge in [0.15, 0.2) is 5.76 Å². The Kier molecular flexibility index (Phi) is 3.20. The molecule has 0 unspecified atom stereocenters. The van der Waals surface area contributed by atoms with Crippen molar-refractivity contribution in [2.45, 2.75) is 10.6 Å². The molecule has 19 heavy (non-hydrogen) atoms. The fourth-order valence-electron chi connectivity index (χ4n) is 1.43. The first-order valence-electron chi connectivity index (χ1n) is 5.52. The van der Waals surface area contributed by atoms with Crippen LogP contribution in [0, 0.1) is 0 Å². The third-order valence-electron chi connectivity index (χ3n) is 2.32. The average Bonchev–Trinajstić information content (AvgIpc) is 3.09. The van der Waals surface area contributed by atoms with E-state index >= 15 is 0 Å². The zero-order chi connectivity index (χ0) is 13.1. The molecule has 0 aliphatic rings. The summed E-state index contributed by atoms with van der Waals surface area (Å²) in [7, 11) is 0. The average molecular weight is 274 g/mol. The Labute approximate surface area is 113 Å². The van der Waals surface area contributed by atoms with Crippen LogP contribution in [0.5, 0.6) is 0 Å². The van der Waals surface area contributed by atoms with Crippen molar-refractivity contribution in [1.82, 2.24) is 15.2 Å². The number of hydrogen-bond donors (Lipinski definition) is 1. The fraction of sp³-hybridized carbons (Fsp3) is 0.0833. The number of anilines is 1. The first-order valence-corrected chi connectivity index (χ1v) is 6.50. The third kappa shape index (κ3) is 2.76. The van der Waals surface area contributed by atoms with Crippen molar-refractivity contribution in [3.63, 3.8) is 0 Å². The number of rotatable bonds is 4. The Morgan fingerprint density at radius 3 is 2.89 bits per heavy atom. The van der Waals surface area contributed by atoms with Crippen LogP contribution in [0.3, 0.4) is 0 Å². The van der Waals surface area contributed by atoms with Gasteiger partial charge in [-0.1, -0.05) is 0 Å². The lowest BCUT2D eigenvalue weighted by molar-refractivity contribution is 0.494. The molecule has 0 aliphatic heterocycles. The van der Waals surface area contributed by atoms with Crippen molar-refractivity contribution in [1.29, 1.82) is 0 Å². The molecule has 0 radical (unpaired) electrons. The van der Waals surface area contributed by atoms with Crippen molar-refractivity contribution < 1.29 is 8.83 Å². The van der Waals surface area contributed by atoms with Gasteiger partial charge in [-0.15, -0.1) is 22.0 Å². The maximum atomic E-state index is 5.52. The second-order valence-electron chi connectivity index (χ2n) is 3.69. The van der Waals surface area contributed by atoms with Crippen molar-refractivity contribution in [3.05, 3.63) is 42.6 Å². The van der Waals surface area contributed by atoms with Gasteiger partial charge in [0, 0.05) is 11.1 Å². The van der Waals surface area contributed by atoms with Gasteiger partial charge >= 0.3 is 0 Å². The number of furan rings is 1. The molecule has 0 amide bonds. The molecular weight excluding hydrogens is 264 g/mol. The highest BCUT2D eigenvalue weighted by atomic mass is 32.2. The Morgan fingerprint density at radius 1 is 1.21 bits per heavy atom. The van der Waals surface area contributed by atoms with Crippen LogP contribution in [0.25, 0.3) is 11.7 Å². The molecule has 0 aromatic carbocycles. The van der Waals surface area contributed by atoms with E-state index in [0.29, 0.717) is 29.1 Å². The molecule has 0 bridgehead atoms. The summed E-state index contributed by atoms with van der Waals surface area (Å²) in [6, 6.07) is 7.20. The largest absolute Gasteiger partial charge is 0.459 e. The van der Waals surface area contributed by atoms with E-state index in [1.54, 1.807) is 42.4 Å². The number of hydrogen-bond acceptors (Lipinski definition) is 7. The lowest BCUT2D eigenvalue weighted by Gasteiger charge is -1.97. The third-order valence-corrected chi connectivity index (χ3v) is 3.29. The molecule has 2 N–H and O–H groups in total. The SMILES string of the molecule is Nc1ccc(SCc2nnc(-c3ccco3)o2)cn1. The first-order chi connectivity index (χ1) is 9.31. The van der Waals surface area contributed by atoms with E-state index in [1.165, 1.54) is 0 Å². The van der Waals surface area contributed by atoms with Crippen molar-refractivity contribution >= 4 is 17.6 Å². The molecule has 3 rings (SSSR count). The van der Waals surface area contributed by atoms with E-state index in [2.05, 4.69) is 15.2 Å². The molecule has 3 heterocycles. The van der Waals surface area contributed by atoms with E-state index in [9.17, 15) is 0 Å². The molecule has 0 saturated carbocycles. The molecule has 3 aromatic rings. The molecule has 0 aliphatic carbocycles. The number of nitrogens with two attached hydrogens (primary N) is 1. The highest BCUT2D eigenvalue weighted by Crippen LogP contribution is 2.24. The Hall–Kier alpha value is -2.28. The molecule has 3 aromatic heterocycles. The normalized spacial score (nSPS) is 10.7. The summed E-state index contributed by atoms with van der Waals surface area (Å²) in [5, 5.41) is 7.89. The summed E-state index contributed by atoms with van der Waals surface area (Å²) in [6.45, 7) is 0.